The molecule has 2 rings (SSSR count). The third-order valence-electron chi connectivity index (χ3n) is 2.11. The number of fused-ring (bicyclic) bond motifs is 1. The van der Waals surface area contributed by atoms with E-state index in [0.29, 0.717) is 21.7 Å². The quantitative estimate of drug-likeness (QED) is 0.578. The van der Waals surface area contributed by atoms with Crippen LogP contribution in [0.4, 0.5) is 5.69 Å². The van der Waals surface area contributed by atoms with Gasteiger partial charge in [0.2, 0.25) is 5.76 Å². The van der Waals surface area contributed by atoms with Gasteiger partial charge in [0.1, 0.15) is 5.58 Å². The second-order valence-electron chi connectivity index (χ2n) is 2.99. The number of hydrogen-bond donors (Lipinski definition) is 2. The standard InChI is InChI=1S/C10H9ClN2O2/c1-14-10(13)9-8(12)7-5(11)3-2-4-6(7)15-9/h2-4,13H,12H2,1H3. The molecule has 3 N–H and O–H groups in total. The van der Waals surface area contributed by atoms with E-state index in [1.165, 1.54) is 7.11 Å². The van der Waals surface area contributed by atoms with E-state index in [9.17, 15) is 0 Å². The maximum absolute atomic E-state index is 7.48. The Morgan fingerprint density at radius 1 is 1.53 bits per heavy atom. The zero-order chi connectivity index (χ0) is 11.0. The van der Waals surface area contributed by atoms with Crippen LogP contribution in [0.15, 0.2) is 22.6 Å². The second-order valence-corrected chi connectivity index (χ2v) is 3.40. The fraction of sp³-hybridized carbons (Fsp3) is 0.100. The summed E-state index contributed by atoms with van der Waals surface area (Å²) in [6, 6.07) is 5.22. The average Bonchev–Trinajstić information content (AvgIpc) is 2.56. The predicted octanol–water partition coefficient (Wildman–Crippen LogP) is 2.64. The molecule has 1 aromatic carbocycles. The van der Waals surface area contributed by atoms with Crippen molar-refractivity contribution < 1.29 is 9.15 Å². The molecule has 0 amide bonds. The van der Waals surface area contributed by atoms with Crippen molar-refractivity contribution in [1.82, 2.24) is 0 Å². The largest absolute Gasteiger partial charge is 0.479 e. The molecular weight excluding hydrogens is 216 g/mol. The van der Waals surface area contributed by atoms with Gasteiger partial charge in [-0.1, -0.05) is 17.7 Å². The summed E-state index contributed by atoms with van der Waals surface area (Å²) in [6.07, 6.45) is 0. The van der Waals surface area contributed by atoms with E-state index in [1.807, 2.05) is 0 Å². The van der Waals surface area contributed by atoms with Crippen molar-refractivity contribution in [2.24, 2.45) is 0 Å². The Kier molecular flexibility index (Phi) is 2.28. The highest BCUT2D eigenvalue weighted by Gasteiger charge is 2.17. The monoisotopic (exact) mass is 224 g/mol. The van der Waals surface area contributed by atoms with Crippen molar-refractivity contribution in [1.29, 1.82) is 5.41 Å². The fourth-order valence-corrected chi connectivity index (χ4v) is 1.66. The smallest absolute Gasteiger partial charge is 0.252 e. The highest BCUT2D eigenvalue weighted by Crippen LogP contribution is 2.33. The Bertz CT molecular complexity index is 533. The lowest BCUT2D eigenvalue weighted by atomic mass is 10.2. The molecule has 1 aromatic heterocycles. The molecule has 0 fully saturated rings. The lowest BCUT2D eigenvalue weighted by molar-refractivity contribution is 0.388. The third-order valence-corrected chi connectivity index (χ3v) is 2.43. The summed E-state index contributed by atoms with van der Waals surface area (Å²) in [7, 11) is 1.39. The van der Waals surface area contributed by atoms with Crippen LogP contribution in [0.25, 0.3) is 11.0 Å². The number of nitrogens with one attached hydrogen (secondary N) is 1. The van der Waals surface area contributed by atoms with Crippen molar-refractivity contribution in [2.75, 3.05) is 12.8 Å². The first-order chi connectivity index (χ1) is 7.15. The van der Waals surface area contributed by atoms with E-state index >= 15 is 0 Å². The van der Waals surface area contributed by atoms with E-state index in [1.54, 1.807) is 18.2 Å². The molecule has 4 nitrogen and oxygen atoms in total. The number of hydrogen-bond acceptors (Lipinski definition) is 4. The number of halogens is 1. The average molecular weight is 225 g/mol. The summed E-state index contributed by atoms with van der Waals surface area (Å²) in [5.74, 6) is 0.0976. The lowest BCUT2D eigenvalue weighted by Crippen LogP contribution is -2.02. The van der Waals surface area contributed by atoms with Gasteiger partial charge in [0.25, 0.3) is 5.90 Å². The number of anilines is 1. The topological polar surface area (TPSA) is 72.2 Å². The molecule has 5 heteroatoms. The van der Waals surface area contributed by atoms with Gasteiger partial charge in [-0.25, -0.2) is 0 Å². The van der Waals surface area contributed by atoms with Crippen LogP contribution in [0.5, 0.6) is 0 Å². The molecule has 0 bridgehead atoms. The summed E-state index contributed by atoms with van der Waals surface area (Å²) in [6.45, 7) is 0. The zero-order valence-electron chi connectivity index (χ0n) is 8.00. The minimum absolute atomic E-state index is 0.111. The van der Waals surface area contributed by atoms with E-state index in [4.69, 9.17) is 31.9 Å². The lowest BCUT2D eigenvalue weighted by Gasteiger charge is -1.97. The van der Waals surface area contributed by atoms with Gasteiger partial charge in [-0.05, 0) is 12.1 Å². The van der Waals surface area contributed by atoms with E-state index in [-0.39, 0.29) is 11.7 Å². The number of furan rings is 1. The van der Waals surface area contributed by atoms with Crippen LogP contribution in [-0.2, 0) is 4.74 Å². The van der Waals surface area contributed by atoms with Gasteiger partial charge in [-0.15, -0.1) is 0 Å². The van der Waals surface area contributed by atoms with Crippen molar-refractivity contribution >= 4 is 34.2 Å². The SMILES string of the molecule is COC(=N)c1oc2cccc(Cl)c2c1N. The molecule has 0 aliphatic rings. The van der Waals surface area contributed by atoms with Crippen LogP contribution in [-0.4, -0.2) is 13.0 Å². The Morgan fingerprint density at radius 3 is 2.87 bits per heavy atom. The van der Waals surface area contributed by atoms with Gasteiger partial charge in [-0.3, -0.25) is 5.41 Å². The first-order valence-electron chi connectivity index (χ1n) is 4.24. The Balaban J connectivity index is 2.75. The molecule has 0 saturated carbocycles. The summed E-state index contributed by atoms with van der Waals surface area (Å²) in [5.41, 5.74) is 6.71. The first kappa shape index (κ1) is 9.86. The number of rotatable bonds is 1. The highest BCUT2D eigenvalue weighted by molar-refractivity contribution is 6.36. The number of benzene rings is 1. The van der Waals surface area contributed by atoms with Crippen molar-refractivity contribution in [3.05, 3.63) is 29.0 Å². The first-order valence-corrected chi connectivity index (χ1v) is 4.62. The fourth-order valence-electron chi connectivity index (χ4n) is 1.39. The van der Waals surface area contributed by atoms with Gasteiger partial charge < -0.3 is 14.9 Å². The van der Waals surface area contributed by atoms with Crippen LogP contribution in [0, 0.1) is 5.41 Å². The van der Waals surface area contributed by atoms with Crippen LogP contribution in [0.2, 0.25) is 5.02 Å². The number of nitrogens with two attached hydrogens (primary N) is 1. The predicted molar refractivity (Wildman–Crippen MR) is 59.5 cm³/mol. The molecule has 0 aliphatic heterocycles. The Hall–Kier alpha value is -1.68. The maximum Gasteiger partial charge on any atom is 0.252 e. The molecule has 15 heavy (non-hydrogen) atoms. The zero-order valence-corrected chi connectivity index (χ0v) is 8.76. The molecule has 0 saturated heterocycles. The summed E-state index contributed by atoms with van der Waals surface area (Å²) in [5, 5.41) is 8.61. The van der Waals surface area contributed by atoms with Gasteiger partial charge in [0, 0.05) is 0 Å². The van der Waals surface area contributed by atoms with Gasteiger partial charge >= 0.3 is 0 Å². The van der Waals surface area contributed by atoms with Crippen molar-refractivity contribution in [2.45, 2.75) is 0 Å². The molecule has 2 aromatic rings. The summed E-state index contributed by atoms with van der Waals surface area (Å²) in [4.78, 5) is 0. The van der Waals surface area contributed by atoms with Crippen LogP contribution < -0.4 is 5.73 Å². The molecule has 1 heterocycles. The minimum Gasteiger partial charge on any atom is -0.479 e. The number of nitrogen functional groups attached to an aromatic ring is 1. The Morgan fingerprint density at radius 2 is 2.27 bits per heavy atom. The molecule has 0 unspecified atom stereocenters. The van der Waals surface area contributed by atoms with Gasteiger partial charge in [-0.2, -0.15) is 0 Å². The second kappa shape index (κ2) is 3.47. The van der Waals surface area contributed by atoms with Crippen LogP contribution in [0.3, 0.4) is 0 Å². The maximum atomic E-state index is 7.48. The normalized spacial score (nSPS) is 10.5. The molecule has 78 valence electrons. The number of ether oxygens (including phenoxy) is 1. The van der Waals surface area contributed by atoms with Crippen molar-refractivity contribution in [3.8, 4) is 0 Å². The third kappa shape index (κ3) is 1.43. The summed E-state index contributed by atoms with van der Waals surface area (Å²) < 4.78 is 10.1. The van der Waals surface area contributed by atoms with E-state index in [2.05, 4.69) is 0 Å². The molecule has 0 spiro atoms. The van der Waals surface area contributed by atoms with Crippen LogP contribution in [0.1, 0.15) is 5.76 Å². The minimum atomic E-state index is -0.111. The Labute approximate surface area is 91.1 Å². The molecular formula is C10H9ClN2O2. The van der Waals surface area contributed by atoms with Crippen molar-refractivity contribution in [3.63, 3.8) is 0 Å². The van der Waals surface area contributed by atoms with E-state index < -0.39 is 0 Å². The number of methoxy groups -OCH3 is 1. The molecule has 0 radical (unpaired) electrons. The highest BCUT2D eigenvalue weighted by atomic mass is 35.5. The molecule has 0 aliphatic carbocycles. The molecule has 0 atom stereocenters. The van der Waals surface area contributed by atoms with Gasteiger partial charge in [0.05, 0.1) is 23.2 Å². The van der Waals surface area contributed by atoms with Crippen LogP contribution >= 0.6 is 11.6 Å². The summed E-state index contributed by atoms with van der Waals surface area (Å²) >= 11 is 5.97. The van der Waals surface area contributed by atoms with E-state index in [0.717, 1.165) is 0 Å². The van der Waals surface area contributed by atoms with Gasteiger partial charge in [0.15, 0.2) is 0 Å².